The van der Waals surface area contributed by atoms with Gasteiger partial charge in [-0.25, -0.2) is 4.79 Å². The van der Waals surface area contributed by atoms with Gasteiger partial charge in [0, 0.05) is 25.2 Å². The fourth-order valence-electron chi connectivity index (χ4n) is 4.76. The van der Waals surface area contributed by atoms with Crippen molar-refractivity contribution >= 4 is 28.6 Å². The fourth-order valence-corrected chi connectivity index (χ4v) is 4.76. The summed E-state index contributed by atoms with van der Waals surface area (Å²) in [7, 11) is 1.37. The maximum Gasteiger partial charge on any atom is 0.328 e. The summed E-state index contributed by atoms with van der Waals surface area (Å²) in [4.78, 5) is 42.2. The van der Waals surface area contributed by atoms with E-state index in [1.54, 1.807) is 9.80 Å². The normalized spacial score (nSPS) is 22.0. The number of carbonyl (C=O) groups is 3. The number of esters is 1. The summed E-state index contributed by atoms with van der Waals surface area (Å²) in [5.74, 6) is -0.682. The zero-order valence-corrected chi connectivity index (χ0v) is 17.4. The number of hydrogen-bond donors (Lipinski definition) is 0. The maximum atomic E-state index is 13.3. The maximum absolute atomic E-state index is 13.3. The molecular formula is C24H28N2O4. The third-order valence-corrected chi connectivity index (χ3v) is 6.34. The van der Waals surface area contributed by atoms with Crippen LogP contribution in [0.3, 0.4) is 0 Å². The number of ether oxygens (including phenoxy) is 1. The molecule has 2 saturated heterocycles. The van der Waals surface area contributed by atoms with Crippen LogP contribution in [0.2, 0.25) is 0 Å². The smallest absolute Gasteiger partial charge is 0.328 e. The van der Waals surface area contributed by atoms with Crippen molar-refractivity contribution < 1.29 is 19.1 Å². The minimum absolute atomic E-state index is 0.0273. The van der Waals surface area contributed by atoms with Gasteiger partial charge in [-0.1, -0.05) is 36.4 Å². The first-order valence-electron chi connectivity index (χ1n) is 10.8. The van der Waals surface area contributed by atoms with E-state index in [9.17, 15) is 14.4 Å². The van der Waals surface area contributed by atoms with Crippen LogP contribution in [0.25, 0.3) is 10.8 Å². The number of likely N-dealkylation sites (tertiary alicyclic amines) is 2. The fraction of sp³-hybridized carbons (Fsp3) is 0.458. The van der Waals surface area contributed by atoms with Crippen molar-refractivity contribution in [3.63, 3.8) is 0 Å². The summed E-state index contributed by atoms with van der Waals surface area (Å²) >= 11 is 0. The summed E-state index contributed by atoms with van der Waals surface area (Å²) in [6.07, 6.45) is 3.97. The highest BCUT2D eigenvalue weighted by Gasteiger charge is 2.38. The lowest BCUT2D eigenvalue weighted by atomic mass is 9.92. The number of hydrogen-bond acceptors (Lipinski definition) is 4. The monoisotopic (exact) mass is 408 g/mol. The van der Waals surface area contributed by atoms with Crippen LogP contribution in [0.15, 0.2) is 42.5 Å². The SMILES string of the molecule is COC(=O)C1CCCCN1C(=O)C1CCCN(C(=O)c2cccc3ccccc23)C1. The van der Waals surface area contributed by atoms with E-state index in [-0.39, 0.29) is 23.7 Å². The van der Waals surface area contributed by atoms with Crippen LogP contribution in [-0.2, 0) is 14.3 Å². The number of amides is 2. The van der Waals surface area contributed by atoms with Crippen molar-refractivity contribution in [2.45, 2.75) is 38.1 Å². The summed E-state index contributed by atoms with van der Waals surface area (Å²) in [5.41, 5.74) is 0.673. The third kappa shape index (κ3) is 3.91. The predicted octanol–water partition coefficient (Wildman–Crippen LogP) is 3.25. The summed E-state index contributed by atoms with van der Waals surface area (Å²) < 4.78 is 4.92. The van der Waals surface area contributed by atoms with E-state index in [2.05, 4.69) is 0 Å². The van der Waals surface area contributed by atoms with Crippen molar-refractivity contribution in [1.29, 1.82) is 0 Å². The molecule has 0 bridgehead atoms. The van der Waals surface area contributed by atoms with Gasteiger partial charge in [-0.3, -0.25) is 9.59 Å². The quantitative estimate of drug-likeness (QED) is 0.732. The minimum atomic E-state index is -0.500. The average molecular weight is 408 g/mol. The van der Waals surface area contributed by atoms with Gasteiger partial charge >= 0.3 is 5.97 Å². The molecule has 0 aromatic heterocycles. The van der Waals surface area contributed by atoms with Gasteiger partial charge in [-0.05, 0) is 48.9 Å². The molecule has 30 heavy (non-hydrogen) atoms. The first kappa shape index (κ1) is 20.4. The second-order valence-corrected chi connectivity index (χ2v) is 8.18. The number of carbonyl (C=O) groups excluding carboxylic acids is 3. The molecule has 0 saturated carbocycles. The number of rotatable bonds is 3. The molecule has 0 aliphatic carbocycles. The molecule has 6 nitrogen and oxygen atoms in total. The Morgan fingerprint density at radius 2 is 1.73 bits per heavy atom. The van der Waals surface area contributed by atoms with Crippen LogP contribution < -0.4 is 0 Å². The van der Waals surface area contributed by atoms with Crippen molar-refractivity contribution in [2.75, 3.05) is 26.7 Å². The Morgan fingerprint density at radius 3 is 2.57 bits per heavy atom. The molecule has 2 fully saturated rings. The molecule has 2 aliphatic rings. The predicted molar refractivity (Wildman–Crippen MR) is 114 cm³/mol. The van der Waals surface area contributed by atoms with Crippen LogP contribution in [-0.4, -0.2) is 60.4 Å². The first-order chi connectivity index (χ1) is 14.6. The number of benzene rings is 2. The van der Waals surface area contributed by atoms with Gasteiger partial charge in [-0.2, -0.15) is 0 Å². The molecular weight excluding hydrogens is 380 g/mol. The molecule has 0 radical (unpaired) electrons. The molecule has 158 valence electrons. The minimum Gasteiger partial charge on any atom is -0.467 e. The molecule has 0 N–H and O–H groups in total. The molecule has 4 rings (SSSR count). The summed E-state index contributed by atoms with van der Waals surface area (Å²) in [5, 5.41) is 1.96. The molecule has 2 aromatic rings. The van der Waals surface area contributed by atoms with Crippen molar-refractivity contribution in [3.8, 4) is 0 Å². The number of fused-ring (bicyclic) bond motifs is 1. The van der Waals surface area contributed by atoms with Gasteiger partial charge < -0.3 is 14.5 Å². The van der Waals surface area contributed by atoms with Gasteiger partial charge in [0.1, 0.15) is 6.04 Å². The van der Waals surface area contributed by atoms with E-state index in [1.165, 1.54) is 7.11 Å². The van der Waals surface area contributed by atoms with Crippen molar-refractivity contribution in [1.82, 2.24) is 9.80 Å². The van der Waals surface area contributed by atoms with Gasteiger partial charge in [0.15, 0.2) is 0 Å². The van der Waals surface area contributed by atoms with Crippen molar-refractivity contribution in [3.05, 3.63) is 48.0 Å². The van der Waals surface area contributed by atoms with Crippen LogP contribution in [0.4, 0.5) is 0 Å². The Kier molecular flexibility index (Phi) is 6.02. The average Bonchev–Trinajstić information content (AvgIpc) is 2.82. The van der Waals surface area contributed by atoms with Gasteiger partial charge in [0.05, 0.1) is 13.0 Å². The van der Waals surface area contributed by atoms with E-state index >= 15 is 0 Å². The van der Waals surface area contributed by atoms with Crippen LogP contribution in [0, 0.1) is 5.92 Å². The Hall–Kier alpha value is -2.89. The van der Waals surface area contributed by atoms with E-state index in [0.717, 1.165) is 36.5 Å². The molecule has 0 spiro atoms. The van der Waals surface area contributed by atoms with Crippen LogP contribution in [0.5, 0.6) is 0 Å². The van der Waals surface area contributed by atoms with E-state index in [0.29, 0.717) is 31.6 Å². The molecule has 2 amide bonds. The van der Waals surface area contributed by atoms with Crippen LogP contribution >= 0.6 is 0 Å². The highest BCUT2D eigenvalue weighted by Crippen LogP contribution is 2.27. The first-order valence-corrected chi connectivity index (χ1v) is 10.8. The molecule has 2 aliphatic heterocycles. The van der Waals surface area contributed by atoms with Gasteiger partial charge in [0.2, 0.25) is 5.91 Å². The lowest BCUT2D eigenvalue weighted by molar-refractivity contribution is -0.156. The number of piperidine rings is 2. The summed E-state index contributed by atoms with van der Waals surface area (Å²) in [6, 6.07) is 13.1. The Labute approximate surface area is 176 Å². The molecule has 2 aromatic carbocycles. The second-order valence-electron chi connectivity index (χ2n) is 8.18. The Bertz CT molecular complexity index is 952. The van der Waals surface area contributed by atoms with Gasteiger partial charge in [0.25, 0.3) is 5.91 Å². The molecule has 2 unspecified atom stereocenters. The summed E-state index contributed by atoms with van der Waals surface area (Å²) in [6.45, 7) is 1.61. The zero-order valence-electron chi connectivity index (χ0n) is 17.4. The van der Waals surface area contributed by atoms with Crippen molar-refractivity contribution in [2.24, 2.45) is 5.92 Å². The largest absolute Gasteiger partial charge is 0.467 e. The lowest BCUT2D eigenvalue weighted by Gasteiger charge is -2.39. The zero-order chi connectivity index (χ0) is 21.1. The highest BCUT2D eigenvalue weighted by atomic mass is 16.5. The standard InChI is InChI=1S/C24H28N2O4/c1-30-24(29)21-13-4-5-15-26(21)22(27)18-10-7-14-25(16-18)23(28)20-12-6-9-17-8-2-3-11-19(17)20/h2-3,6,8-9,11-12,18,21H,4-5,7,10,13-16H2,1H3. The van der Waals surface area contributed by atoms with E-state index < -0.39 is 6.04 Å². The number of methoxy groups -OCH3 is 1. The topological polar surface area (TPSA) is 66.9 Å². The lowest BCUT2D eigenvalue weighted by Crippen LogP contribution is -2.53. The number of nitrogens with zero attached hydrogens (tertiary/aromatic N) is 2. The second kappa shape index (κ2) is 8.86. The Morgan fingerprint density at radius 1 is 0.933 bits per heavy atom. The molecule has 2 atom stereocenters. The highest BCUT2D eigenvalue weighted by molar-refractivity contribution is 6.07. The van der Waals surface area contributed by atoms with Crippen LogP contribution in [0.1, 0.15) is 42.5 Å². The van der Waals surface area contributed by atoms with Gasteiger partial charge in [-0.15, -0.1) is 0 Å². The molecule has 2 heterocycles. The van der Waals surface area contributed by atoms with E-state index in [1.807, 2.05) is 42.5 Å². The molecule has 6 heteroatoms. The Balaban J connectivity index is 1.52. The van der Waals surface area contributed by atoms with E-state index in [4.69, 9.17) is 4.74 Å². The third-order valence-electron chi connectivity index (χ3n) is 6.34.